The third-order valence-corrected chi connectivity index (χ3v) is 5.10. The number of esters is 1. The van der Waals surface area contributed by atoms with Crippen molar-refractivity contribution in [1.29, 1.82) is 0 Å². The van der Waals surface area contributed by atoms with Crippen LogP contribution in [0.15, 0.2) is 47.4 Å². The smallest absolute Gasteiger partial charge is 0.341 e. The molecule has 10 heteroatoms. The zero-order valence-electron chi connectivity index (χ0n) is 15.5. The van der Waals surface area contributed by atoms with Crippen LogP contribution in [0.1, 0.15) is 17.3 Å². The molecule has 0 spiro atoms. The average Bonchev–Trinajstić information content (AvgIpc) is 2.67. The fourth-order valence-electron chi connectivity index (χ4n) is 2.22. The van der Waals surface area contributed by atoms with Crippen LogP contribution in [0.3, 0.4) is 0 Å². The van der Waals surface area contributed by atoms with Gasteiger partial charge in [0, 0.05) is 6.07 Å². The summed E-state index contributed by atoms with van der Waals surface area (Å²) in [7, 11) is -1.25. The Balaban J connectivity index is 2.35. The number of hydrogen-bond acceptors (Lipinski definition) is 7. The summed E-state index contributed by atoms with van der Waals surface area (Å²) in [5.41, 5.74) is 4.99. The summed E-state index contributed by atoms with van der Waals surface area (Å²) in [6.07, 6.45) is -1.16. The van der Waals surface area contributed by atoms with Gasteiger partial charge in [0.25, 0.3) is 15.9 Å². The lowest BCUT2D eigenvalue weighted by Gasteiger charge is -2.15. The zero-order chi connectivity index (χ0) is 20.9. The van der Waals surface area contributed by atoms with Crippen LogP contribution >= 0.6 is 0 Å². The molecule has 1 amide bonds. The Morgan fingerprint density at radius 1 is 1.04 bits per heavy atom. The summed E-state index contributed by atoms with van der Waals surface area (Å²) in [5, 5.41) is 0. The largest absolute Gasteiger partial charge is 0.493 e. The van der Waals surface area contributed by atoms with Crippen LogP contribution < -0.4 is 19.9 Å². The second-order valence-electron chi connectivity index (χ2n) is 5.62. The van der Waals surface area contributed by atoms with Gasteiger partial charge in [-0.25, -0.2) is 13.2 Å². The number of carbonyl (C=O) groups excluding carboxylic acids is 2. The van der Waals surface area contributed by atoms with Crippen LogP contribution in [0.2, 0.25) is 0 Å². The zero-order valence-corrected chi connectivity index (χ0v) is 16.3. The van der Waals surface area contributed by atoms with Crippen LogP contribution in [0.5, 0.6) is 11.5 Å². The van der Waals surface area contributed by atoms with Crippen LogP contribution in [-0.4, -0.2) is 40.6 Å². The van der Waals surface area contributed by atoms with Gasteiger partial charge < -0.3 is 19.9 Å². The van der Waals surface area contributed by atoms with E-state index in [-0.39, 0.29) is 21.9 Å². The first-order chi connectivity index (χ1) is 13.2. The summed E-state index contributed by atoms with van der Waals surface area (Å²) < 4.78 is 43.0. The maximum absolute atomic E-state index is 12.7. The number of amides is 1. The first-order valence-corrected chi connectivity index (χ1v) is 9.52. The van der Waals surface area contributed by atoms with E-state index in [0.29, 0.717) is 5.75 Å². The molecule has 0 aliphatic heterocycles. The molecule has 3 N–H and O–H groups in total. The summed E-state index contributed by atoms with van der Waals surface area (Å²) in [4.78, 5) is 23.3. The van der Waals surface area contributed by atoms with Gasteiger partial charge in [-0.2, -0.15) is 0 Å². The predicted molar refractivity (Wildman–Crippen MR) is 101 cm³/mol. The molecule has 0 aliphatic rings. The molecule has 2 rings (SSSR count). The van der Waals surface area contributed by atoms with E-state index in [0.717, 1.165) is 0 Å². The van der Waals surface area contributed by atoms with Crippen molar-refractivity contribution in [2.24, 2.45) is 5.73 Å². The molecule has 1 unspecified atom stereocenters. The minimum Gasteiger partial charge on any atom is -0.493 e. The highest BCUT2D eigenvalue weighted by Crippen LogP contribution is 2.30. The standard InChI is InChI=1S/C18H20N2O7S/c1-11(17(19)21)27-18(22)13-6-4-5-7-14(13)20-28(23,24)12-8-9-15(25-2)16(10-12)26-3/h4-11,20H,1-3H3,(H2,19,21). The van der Waals surface area contributed by atoms with Crippen LogP contribution in [0.4, 0.5) is 5.69 Å². The van der Waals surface area contributed by atoms with E-state index in [4.69, 9.17) is 19.9 Å². The van der Waals surface area contributed by atoms with Crippen molar-refractivity contribution in [3.63, 3.8) is 0 Å². The SMILES string of the molecule is COc1ccc(S(=O)(=O)Nc2ccccc2C(=O)OC(C)C(N)=O)cc1OC. The molecule has 0 saturated carbocycles. The van der Waals surface area contributed by atoms with Gasteiger partial charge in [0.2, 0.25) is 0 Å². The third-order valence-electron chi connectivity index (χ3n) is 3.74. The number of sulfonamides is 1. The van der Waals surface area contributed by atoms with Crippen LogP contribution in [0, 0.1) is 0 Å². The van der Waals surface area contributed by atoms with Gasteiger partial charge in [-0.05, 0) is 31.2 Å². The van der Waals surface area contributed by atoms with Crippen molar-refractivity contribution < 1.29 is 32.2 Å². The Morgan fingerprint density at radius 3 is 2.29 bits per heavy atom. The van der Waals surface area contributed by atoms with Gasteiger partial charge in [-0.1, -0.05) is 12.1 Å². The van der Waals surface area contributed by atoms with Gasteiger partial charge in [0.1, 0.15) is 0 Å². The summed E-state index contributed by atoms with van der Waals surface area (Å²) in [6, 6.07) is 9.89. The Labute approximate surface area is 162 Å². The topological polar surface area (TPSA) is 134 Å². The summed E-state index contributed by atoms with van der Waals surface area (Å²) in [5.74, 6) is -1.12. The molecule has 1 atom stereocenters. The van der Waals surface area contributed by atoms with E-state index >= 15 is 0 Å². The molecular weight excluding hydrogens is 388 g/mol. The second kappa shape index (κ2) is 8.61. The summed E-state index contributed by atoms with van der Waals surface area (Å²) in [6.45, 7) is 1.32. The molecular formula is C18H20N2O7S. The van der Waals surface area contributed by atoms with Gasteiger partial charge in [-0.15, -0.1) is 0 Å². The van der Waals surface area contributed by atoms with Crippen molar-refractivity contribution in [2.45, 2.75) is 17.9 Å². The Morgan fingerprint density at radius 2 is 1.68 bits per heavy atom. The number of hydrogen-bond donors (Lipinski definition) is 2. The lowest BCUT2D eigenvalue weighted by molar-refractivity contribution is -0.125. The molecule has 0 aromatic heterocycles. The third kappa shape index (κ3) is 4.71. The first kappa shape index (κ1) is 21.0. The van der Waals surface area contributed by atoms with Crippen molar-refractivity contribution in [1.82, 2.24) is 0 Å². The monoisotopic (exact) mass is 408 g/mol. The number of nitrogens with two attached hydrogens (primary N) is 1. The number of carbonyl (C=O) groups is 2. The van der Waals surface area contributed by atoms with Crippen molar-refractivity contribution >= 4 is 27.6 Å². The van der Waals surface area contributed by atoms with E-state index in [2.05, 4.69) is 4.72 Å². The quantitative estimate of drug-likeness (QED) is 0.633. The highest BCUT2D eigenvalue weighted by atomic mass is 32.2. The molecule has 0 bridgehead atoms. The predicted octanol–water partition coefficient (Wildman–Crippen LogP) is 1.54. The maximum Gasteiger partial charge on any atom is 0.341 e. The average molecular weight is 408 g/mol. The summed E-state index contributed by atoms with van der Waals surface area (Å²) >= 11 is 0. The van der Waals surface area contributed by atoms with E-state index < -0.39 is 28.0 Å². The molecule has 0 saturated heterocycles. The minimum absolute atomic E-state index is 0.0149. The molecule has 0 heterocycles. The lowest BCUT2D eigenvalue weighted by Crippen LogP contribution is -2.30. The Hall–Kier alpha value is -3.27. The number of benzene rings is 2. The molecule has 0 aliphatic carbocycles. The molecule has 2 aromatic rings. The van der Waals surface area contributed by atoms with Gasteiger partial charge in [0.05, 0.1) is 30.4 Å². The van der Waals surface area contributed by atoms with Gasteiger partial charge in [-0.3, -0.25) is 9.52 Å². The van der Waals surface area contributed by atoms with E-state index in [9.17, 15) is 18.0 Å². The number of methoxy groups -OCH3 is 2. The maximum atomic E-state index is 12.7. The van der Waals surface area contributed by atoms with Crippen molar-refractivity contribution in [3.8, 4) is 11.5 Å². The number of ether oxygens (including phenoxy) is 3. The molecule has 0 radical (unpaired) electrons. The number of nitrogens with one attached hydrogen (secondary N) is 1. The van der Waals surface area contributed by atoms with Crippen molar-refractivity contribution in [2.75, 3.05) is 18.9 Å². The van der Waals surface area contributed by atoms with Gasteiger partial charge >= 0.3 is 5.97 Å². The van der Waals surface area contributed by atoms with E-state index in [1.165, 1.54) is 57.5 Å². The molecule has 2 aromatic carbocycles. The highest BCUT2D eigenvalue weighted by Gasteiger charge is 2.23. The van der Waals surface area contributed by atoms with E-state index in [1.807, 2.05) is 0 Å². The fraction of sp³-hybridized carbons (Fsp3) is 0.222. The Bertz CT molecular complexity index is 989. The number of para-hydroxylation sites is 1. The van der Waals surface area contributed by atoms with Crippen LogP contribution in [0.25, 0.3) is 0 Å². The molecule has 28 heavy (non-hydrogen) atoms. The molecule has 9 nitrogen and oxygen atoms in total. The minimum atomic E-state index is -4.06. The second-order valence-corrected chi connectivity index (χ2v) is 7.30. The number of rotatable bonds is 8. The first-order valence-electron chi connectivity index (χ1n) is 8.03. The number of anilines is 1. The Kier molecular flexibility index (Phi) is 6.47. The fourth-order valence-corrected chi connectivity index (χ4v) is 3.31. The normalized spacial score (nSPS) is 12.0. The molecule has 150 valence electrons. The number of primary amides is 1. The van der Waals surface area contributed by atoms with Gasteiger partial charge in [0.15, 0.2) is 17.6 Å². The van der Waals surface area contributed by atoms with Crippen molar-refractivity contribution in [3.05, 3.63) is 48.0 Å². The lowest BCUT2D eigenvalue weighted by atomic mass is 10.2. The molecule has 0 fully saturated rings. The van der Waals surface area contributed by atoms with E-state index in [1.54, 1.807) is 6.07 Å². The highest BCUT2D eigenvalue weighted by molar-refractivity contribution is 7.92. The van der Waals surface area contributed by atoms with Crippen LogP contribution in [-0.2, 0) is 19.6 Å².